The van der Waals surface area contributed by atoms with Gasteiger partial charge in [-0.15, -0.1) is 12.4 Å². The van der Waals surface area contributed by atoms with E-state index in [4.69, 9.17) is 22.1 Å². The second kappa shape index (κ2) is 9.66. The first-order valence-electron chi connectivity index (χ1n) is 7.89. The summed E-state index contributed by atoms with van der Waals surface area (Å²) in [5.74, 6) is 1.23. The van der Waals surface area contributed by atoms with Gasteiger partial charge < -0.3 is 15.8 Å². The molecule has 8 heteroatoms. The van der Waals surface area contributed by atoms with Gasteiger partial charge in [0, 0.05) is 11.6 Å². The summed E-state index contributed by atoms with van der Waals surface area (Å²) in [6, 6.07) is 19.7. The molecule has 3 aromatic rings. The minimum absolute atomic E-state index is 0. The van der Waals surface area contributed by atoms with Gasteiger partial charge in [-0.1, -0.05) is 41.9 Å². The zero-order valence-corrected chi connectivity index (χ0v) is 15.8. The van der Waals surface area contributed by atoms with Crippen LogP contribution in [0.3, 0.4) is 0 Å². The predicted octanol–water partition coefficient (Wildman–Crippen LogP) is 4.96. The number of halogens is 2. The molecule has 6 nitrogen and oxygen atoms in total. The van der Waals surface area contributed by atoms with Gasteiger partial charge in [0.15, 0.2) is 0 Å². The Morgan fingerprint density at radius 1 is 1.04 bits per heavy atom. The lowest BCUT2D eigenvalue weighted by Crippen LogP contribution is -2.18. The zero-order chi connectivity index (χ0) is 18.4. The Morgan fingerprint density at radius 3 is 2.41 bits per heavy atom. The molecule has 3 rings (SSSR count). The maximum Gasteiger partial charge on any atom is 0.417 e. The lowest BCUT2D eigenvalue weighted by molar-refractivity contribution is 0.215. The summed E-state index contributed by atoms with van der Waals surface area (Å²) in [5, 5.41) is 6.43. The van der Waals surface area contributed by atoms with Crippen molar-refractivity contribution in [2.45, 2.75) is 6.54 Å². The molecule has 0 aliphatic rings. The Morgan fingerprint density at radius 2 is 1.74 bits per heavy atom. The first-order chi connectivity index (χ1) is 12.6. The number of pyridine rings is 1. The third-order valence-corrected chi connectivity index (χ3v) is 3.75. The van der Waals surface area contributed by atoms with Crippen molar-refractivity contribution < 1.29 is 9.53 Å². The lowest BCUT2D eigenvalue weighted by atomic mass is 10.2. The average molecular weight is 405 g/mol. The number of ether oxygens (including phenoxy) is 1. The summed E-state index contributed by atoms with van der Waals surface area (Å²) in [5.41, 5.74) is 7.35. The molecular weight excluding hydrogens is 387 g/mol. The van der Waals surface area contributed by atoms with Gasteiger partial charge in [-0.3, -0.25) is 5.32 Å². The van der Waals surface area contributed by atoms with Gasteiger partial charge in [0.25, 0.3) is 0 Å². The van der Waals surface area contributed by atoms with E-state index in [1.165, 1.54) is 0 Å². The van der Waals surface area contributed by atoms with Crippen LogP contribution in [0, 0.1) is 0 Å². The molecule has 0 aliphatic heterocycles. The number of hydrogen-bond donors (Lipinski definition) is 3. The lowest BCUT2D eigenvalue weighted by Gasteiger charge is -2.11. The first kappa shape index (κ1) is 20.4. The summed E-state index contributed by atoms with van der Waals surface area (Å²) in [6.45, 7) is 0.576. The number of carbonyl (C=O) groups excluding carboxylic acids is 1. The van der Waals surface area contributed by atoms with E-state index in [0.29, 0.717) is 28.8 Å². The van der Waals surface area contributed by atoms with E-state index in [1.807, 2.05) is 30.3 Å². The number of para-hydroxylation sites is 1. The second-order valence-corrected chi connectivity index (χ2v) is 5.87. The highest BCUT2D eigenvalue weighted by atomic mass is 35.5. The molecule has 2 aromatic carbocycles. The molecular formula is C19H18Cl2N4O2. The average Bonchev–Trinajstić information content (AvgIpc) is 2.64. The normalized spacial score (nSPS) is 9.81. The number of nitrogens with zero attached hydrogens (tertiary/aromatic N) is 1. The SMILES string of the molecule is Cl.Nc1nc(NCc2ccc(Cl)cc2)ccc1NC(=O)Oc1ccccc1. The van der Waals surface area contributed by atoms with E-state index in [1.54, 1.807) is 36.4 Å². The second-order valence-electron chi connectivity index (χ2n) is 5.44. The number of aromatic nitrogens is 1. The molecule has 1 amide bonds. The summed E-state index contributed by atoms with van der Waals surface area (Å²) >= 11 is 5.87. The van der Waals surface area contributed by atoms with E-state index < -0.39 is 6.09 Å². The summed E-state index contributed by atoms with van der Waals surface area (Å²) < 4.78 is 5.16. The minimum Gasteiger partial charge on any atom is -0.410 e. The molecule has 27 heavy (non-hydrogen) atoms. The van der Waals surface area contributed by atoms with Gasteiger partial charge in [0.1, 0.15) is 17.4 Å². The zero-order valence-electron chi connectivity index (χ0n) is 14.2. The Hall–Kier alpha value is -2.96. The van der Waals surface area contributed by atoms with Crippen LogP contribution in [0.5, 0.6) is 5.75 Å². The van der Waals surface area contributed by atoms with E-state index in [-0.39, 0.29) is 18.2 Å². The van der Waals surface area contributed by atoms with Crippen LogP contribution in [-0.4, -0.2) is 11.1 Å². The number of rotatable bonds is 5. The van der Waals surface area contributed by atoms with E-state index in [2.05, 4.69) is 15.6 Å². The highest BCUT2D eigenvalue weighted by molar-refractivity contribution is 6.30. The predicted molar refractivity (Wildman–Crippen MR) is 111 cm³/mol. The monoisotopic (exact) mass is 404 g/mol. The Balaban J connectivity index is 0.00000261. The number of hydrogen-bond acceptors (Lipinski definition) is 5. The van der Waals surface area contributed by atoms with Crippen molar-refractivity contribution in [2.24, 2.45) is 0 Å². The molecule has 0 bridgehead atoms. The van der Waals surface area contributed by atoms with Crippen LogP contribution in [0.2, 0.25) is 5.02 Å². The van der Waals surface area contributed by atoms with E-state index in [0.717, 1.165) is 5.56 Å². The Kier molecular flexibility index (Phi) is 7.28. The molecule has 0 saturated heterocycles. The molecule has 140 valence electrons. The standard InChI is InChI=1S/C19H17ClN4O2.ClH/c20-14-8-6-13(7-9-14)12-22-17-11-10-16(18(21)24-17)23-19(25)26-15-4-2-1-3-5-15;/h1-11H,12H2,(H,23,25)(H3,21,22,24);1H. The van der Waals surface area contributed by atoms with Gasteiger partial charge in [-0.2, -0.15) is 0 Å². The number of nitrogens with one attached hydrogen (secondary N) is 2. The fourth-order valence-corrected chi connectivity index (χ4v) is 2.33. The smallest absolute Gasteiger partial charge is 0.410 e. The largest absolute Gasteiger partial charge is 0.417 e. The fraction of sp³-hybridized carbons (Fsp3) is 0.0526. The highest BCUT2D eigenvalue weighted by Crippen LogP contribution is 2.20. The minimum atomic E-state index is -0.633. The van der Waals surface area contributed by atoms with Crippen molar-refractivity contribution in [3.8, 4) is 5.75 Å². The molecule has 0 radical (unpaired) electrons. The van der Waals surface area contributed by atoms with E-state index >= 15 is 0 Å². The molecule has 0 saturated carbocycles. The topological polar surface area (TPSA) is 89.3 Å². The van der Waals surface area contributed by atoms with Crippen molar-refractivity contribution in [1.82, 2.24) is 4.98 Å². The van der Waals surface area contributed by atoms with Crippen LogP contribution in [-0.2, 0) is 6.54 Å². The number of nitrogen functional groups attached to an aromatic ring is 1. The number of carbonyl (C=O) groups is 1. The number of nitrogens with two attached hydrogens (primary N) is 1. The number of amides is 1. The molecule has 0 spiro atoms. The number of anilines is 3. The first-order valence-corrected chi connectivity index (χ1v) is 8.27. The van der Waals surface area contributed by atoms with Crippen LogP contribution >= 0.6 is 24.0 Å². The third kappa shape index (κ3) is 6.06. The molecule has 0 atom stereocenters. The van der Waals surface area contributed by atoms with Crippen LogP contribution in [0.4, 0.5) is 22.1 Å². The molecule has 0 fully saturated rings. The van der Waals surface area contributed by atoms with Gasteiger partial charge in [-0.25, -0.2) is 9.78 Å². The molecule has 1 heterocycles. The molecule has 0 aliphatic carbocycles. The summed E-state index contributed by atoms with van der Waals surface area (Å²) in [4.78, 5) is 16.2. The van der Waals surface area contributed by atoms with Crippen LogP contribution in [0.25, 0.3) is 0 Å². The summed E-state index contributed by atoms with van der Waals surface area (Å²) in [6.07, 6.45) is -0.633. The van der Waals surface area contributed by atoms with Crippen molar-refractivity contribution in [3.63, 3.8) is 0 Å². The quantitative estimate of drug-likeness (QED) is 0.558. The van der Waals surface area contributed by atoms with Crippen LogP contribution in [0.1, 0.15) is 5.56 Å². The summed E-state index contributed by atoms with van der Waals surface area (Å²) in [7, 11) is 0. The van der Waals surface area contributed by atoms with E-state index in [9.17, 15) is 4.79 Å². The maximum atomic E-state index is 11.9. The third-order valence-electron chi connectivity index (χ3n) is 3.50. The van der Waals surface area contributed by atoms with Crippen LogP contribution in [0.15, 0.2) is 66.7 Å². The fourth-order valence-electron chi connectivity index (χ4n) is 2.20. The highest BCUT2D eigenvalue weighted by Gasteiger charge is 2.09. The van der Waals surface area contributed by atoms with Crippen molar-refractivity contribution >= 4 is 47.4 Å². The number of benzene rings is 2. The maximum absolute atomic E-state index is 11.9. The van der Waals surface area contributed by atoms with Gasteiger partial charge in [0.05, 0.1) is 5.69 Å². The Bertz CT molecular complexity index is 890. The molecule has 4 N–H and O–H groups in total. The van der Waals surface area contributed by atoms with Gasteiger partial charge in [0.2, 0.25) is 0 Å². The van der Waals surface area contributed by atoms with Crippen LogP contribution < -0.4 is 21.1 Å². The molecule has 1 aromatic heterocycles. The van der Waals surface area contributed by atoms with Crippen molar-refractivity contribution in [2.75, 3.05) is 16.4 Å². The molecule has 0 unspecified atom stereocenters. The van der Waals surface area contributed by atoms with Crippen molar-refractivity contribution in [1.29, 1.82) is 0 Å². The van der Waals surface area contributed by atoms with Gasteiger partial charge >= 0.3 is 6.09 Å². The van der Waals surface area contributed by atoms with Gasteiger partial charge in [-0.05, 0) is 42.0 Å². The Labute approximate surface area is 168 Å². The van der Waals surface area contributed by atoms with Crippen molar-refractivity contribution in [3.05, 3.63) is 77.3 Å².